The molecule has 3 aromatic rings. The van der Waals surface area contributed by atoms with Gasteiger partial charge in [0, 0.05) is 22.6 Å². The molecule has 0 spiro atoms. The van der Waals surface area contributed by atoms with E-state index in [1.54, 1.807) is 10.7 Å². The molecule has 1 fully saturated rings. The van der Waals surface area contributed by atoms with E-state index >= 15 is 0 Å². The first-order valence-corrected chi connectivity index (χ1v) is 11.3. The highest BCUT2D eigenvalue weighted by atomic mass is 79.9. The number of halogens is 2. The van der Waals surface area contributed by atoms with Crippen LogP contribution < -0.4 is 10.2 Å². The number of rotatable bonds is 6. The topological polar surface area (TPSA) is 75.9 Å². The monoisotopic (exact) mass is 492 g/mol. The van der Waals surface area contributed by atoms with Gasteiger partial charge in [0.1, 0.15) is 0 Å². The van der Waals surface area contributed by atoms with Gasteiger partial charge >= 0.3 is 0 Å². The first-order valence-electron chi connectivity index (χ1n) is 9.11. The van der Waals surface area contributed by atoms with Crippen LogP contribution in [0.5, 0.6) is 0 Å². The molecule has 2 aromatic carbocycles. The lowest BCUT2D eigenvalue weighted by molar-refractivity contribution is -0.113. The molecule has 1 saturated heterocycles. The molecule has 0 aliphatic carbocycles. The Morgan fingerprint density at radius 3 is 2.69 bits per heavy atom. The predicted molar refractivity (Wildman–Crippen MR) is 119 cm³/mol. The molecule has 1 aliphatic rings. The van der Waals surface area contributed by atoms with E-state index in [2.05, 4.69) is 41.7 Å². The molecule has 1 amide bonds. The summed E-state index contributed by atoms with van der Waals surface area (Å²) in [6.07, 6.45) is 2.31. The van der Waals surface area contributed by atoms with Crippen LogP contribution in [0.2, 0.25) is 5.02 Å². The van der Waals surface area contributed by atoms with Gasteiger partial charge in [-0.05, 0) is 65.7 Å². The van der Waals surface area contributed by atoms with E-state index in [1.807, 2.05) is 36.4 Å². The van der Waals surface area contributed by atoms with Crippen LogP contribution in [0.3, 0.4) is 0 Å². The fourth-order valence-electron chi connectivity index (χ4n) is 3.17. The van der Waals surface area contributed by atoms with Gasteiger partial charge in [0.05, 0.1) is 22.8 Å². The summed E-state index contributed by atoms with van der Waals surface area (Å²) >= 11 is 10.8. The molecule has 4 rings (SSSR count). The van der Waals surface area contributed by atoms with Crippen LogP contribution in [0.15, 0.2) is 52.1 Å². The van der Waals surface area contributed by atoms with Crippen molar-refractivity contribution in [3.63, 3.8) is 0 Å². The molecule has 150 valence electrons. The molecular formula is C19H18BrClN6OS. The van der Waals surface area contributed by atoms with Gasteiger partial charge in [-0.25, -0.2) is 0 Å². The first-order chi connectivity index (χ1) is 14.1. The molecular weight excluding hydrogens is 476 g/mol. The Labute approximate surface area is 185 Å². The Bertz CT molecular complexity index is 1010. The summed E-state index contributed by atoms with van der Waals surface area (Å²) in [6.45, 7) is 1.97. The minimum Gasteiger partial charge on any atom is -0.370 e. The van der Waals surface area contributed by atoms with E-state index in [4.69, 9.17) is 11.6 Å². The van der Waals surface area contributed by atoms with Crippen molar-refractivity contribution in [2.75, 3.05) is 29.1 Å². The van der Waals surface area contributed by atoms with Crippen molar-refractivity contribution in [2.24, 2.45) is 0 Å². The normalized spacial score (nSPS) is 13.7. The fourth-order valence-corrected chi connectivity index (χ4v) is 4.30. The van der Waals surface area contributed by atoms with Crippen molar-refractivity contribution >= 4 is 56.6 Å². The standard InChI is InChI=1S/C19H18BrClN6OS/c20-13-3-6-15(7-4-13)27-19(23-24-25-27)29-12-18(28)22-16-11-14(21)5-8-17(16)26-9-1-2-10-26/h3-8,11H,1-2,9-10,12H2,(H,22,28). The SMILES string of the molecule is O=C(CSc1nnnn1-c1ccc(Br)cc1)Nc1cc(Cl)ccc1N1CCCC1. The lowest BCUT2D eigenvalue weighted by Crippen LogP contribution is -2.22. The van der Waals surface area contributed by atoms with Crippen LogP contribution >= 0.6 is 39.3 Å². The number of hydrogen-bond donors (Lipinski definition) is 1. The zero-order valence-electron chi connectivity index (χ0n) is 15.4. The van der Waals surface area contributed by atoms with E-state index in [-0.39, 0.29) is 11.7 Å². The quantitative estimate of drug-likeness (QED) is 0.513. The molecule has 1 aliphatic heterocycles. The average Bonchev–Trinajstić information content (AvgIpc) is 3.39. The minimum absolute atomic E-state index is 0.136. The maximum absolute atomic E-state index is 12.6. The summed E-state index contributed by atoms with van der Waals surface area (Å²) in [6, 6.07) is 13.2. The summed E-state index contributed by atoms with van der Waals surface area (Å²) < 4.78 is 2.58. The Kier molecular flexibility index (Phi) is 6.37. The van der Waals surface area contributed by atoms with Crippen molar-refractivity contribution in [3.8, 4) is 5.69 Å². The Balaban J connectivity index is 1.44. The molecule has 0 atom stereocenters. The second-order valence-electron chi connectivity index (χ2n) is 6.54. The molecule has 2 heterocycles. The van der Waals surface area contributed by atoms with Crippen molar-refractivity contribution in [1.29, 1.82) is 0 Å². The minimum atomic E-state index is -0.136. The van der Waals surface area contributed by atoms with Crippen LogP contribution in [0.25, 0.3) is 5.69 Å². The maximum Gasteiger partial charge on any atom is 0.234 e. The summed E-state index contributed by atoms with van der Waals surface area (Å²) in [5, 5.41) is 15.9. The van der Waals surface area contributed by atoms with Crippen molar-refractivity contribution in [2.45, 2.75) is 18.0 Å². The third kappa shape index (κ3) is 4.91. The van der Waals surface area contributed by atoms with Crippen LogP contribution in [0, 0.1) is 0 Å². The second-order valence-corrected chi connectivity index (χ2v) is 8.84. The number of anilines is 2. The predicted octanol–water partition coefficient (Wildman–Crippen LogP) is 4.41. The molecule has 7 nitrogen and oxygen atoms in total. The average molecular weight is 494 g/mol. The van der Waals surface area contributed by atoms with E-state index in [0.29, 0.717) is 10.2 Å². The fraction of sp³-hybridized carbons (Fsp3) is 0.263. The highest BCUT2D eigenvalue weighted by molar-refractivity contribution is 9.10. The molecule has 10 heteroatoms. The molecule has 1 N–H and O–H groups in total. The number of hydrogen-bond acceptors (Lipinski definition) is 6. The third-order valence-electron chi connectivity index (χ3n) is 4.52. The molecule has 0 bridgehead atoms. The van der Waals surface area contributed by atoms with Crippen molar-refractivity contribution < 1.29 is 4.79 Å². The van der Waals surface area contributed by atoms with Crippen LogP contribution in [0.4, 0.5) is 11.4 Å². The van der Waals surface area contributed by atoms with Gasteiger partial charge in [0.25, 0.3) is 0 Å². The Morgan fingerprint density at radius 1 is 1.17 bits per heavy atom. The largest absolute Gasteiger partial charge is 0.370 e. The van der Waals surface area contributed by atoms with E-state index in [9.17, 15) is 4.79 Å². The zero-order chi connectivity index (χ0) is 20.2. The number of carbonyl (C=O) groups excluding carboxylic acids is 1. The van der Waals surface area contributed by atoms with Crippen LogP contribution in [-0.4, -0.2) is 45.0 Å². The second kappa shape index (κ2) is 9.15. The van der Waals surface area contributed by atoms with Gasteiger partial charge in [0.2, 0.25) is 11.1 Å². The van der Waals surface area contributed by atoms with Gasteiger partial charge in [-0.2, -0.15) is 4.68 Å². The molecule has 29 heavy (non-hydrogen) atoms. The highest BCUT2D eigenvalue weighted by Crippen LogP contribution is 2.32. The third-order valence-corrected chi connectivity index (χ3v) is 6.21. The number of thioether (sulfide) groups is 1. The van der Waals surface area contributed by atoms with E-state index < -0.39 is 0 Å². The summed E-state index contributed by atoms with van der Waals surface area (Å²) in [4.78, 5) is 14.9. The molecule has 0 radical (unpaired) electrons. The molecule has 1 aromatic heterocycles. The van der Waals surface area contributed by atoms with Crippen LogP contribution in [0.1, 0.15) is 12.8 Å². The van der Waals surface area contributed by atoms with Crippen LogP contribution in [-0.2, 0) is 4.79 Å². The number of nitrogens with one attached hydrogen (secondary N) is 1. The molecule has 0 unspecified atom stereocenters. The Morgan fingerprint density at radius 2 is 1.93 bits per heavy atom. The van der Waals surface area contributed by atoms with Crippen molar-refractivity contribution in [3.05, 3.63) is 52.0 Å². The number of aromatic nitrogens is 4. The summed E-state index contributed by atoms with van der Waals surface area (Å²) in [7, 11) is 0. The van der Waals surface area contributed by atoms with Gasteiger partial charge in [-0.1, -0.05) is 39.3 Å². The number of tetrazole rings is 1. The first kappa shape index (κ1) is 20.2. The highest BCUT2D eigenvalue weighted by Gasteiger charge is 2.18. The smallest absolute Gasteiger partial charge is 0.234 e. The van der Waals surface area contributed by atoms with Gasteiger partial charge < -0.3 is 10.2 Å². The van der Waals surface area contributed by atoms with E-state index in [0.717, 1.165) is 47.5 Å². The van der Waals surface area contributed by atoms with Crippen molar-refractivity contribution in [1.82, 2.24) is 20.2 Å². The van der Waals surface area contributed by atoms with Gasteiger partial charge in [-0.15, -0.1) is 5.10 Å². The zero-order valence-corrected chi connectivity index (χ0v) is 18.5. The number of benzene rings is 2. The summed E-state index contributed by atoms with van der Waals surface area (Å²) in [5.41, 5.74) is 2.56. The lowest BCUT2D eigenvalue weighted by atomic mass is 10.2. The lowest BCUT2D eigenvalue weighted by Gasteiger charge is -2.21. The number of nitrogens with zero attached hydrogens (tertiary/aromatic N) is 5. The Hall–Kier alpha value is -2.10. The van der Waals surface area contributed by atoms with E-state index in [1.165, 1.54) is 11.8 Å². The van der Waals surface area contributed by atoms with Gasteiger partial charge in [-0.3, -0.25) is 4.79 Å². The number of carbonyl (C=O) groups is 1. The molecule has 0 saturated carbocycles. The number of amides is 1. The van der Waals surface area contributed by atoms with Gasteiger partial charge in [0.15, 0.2) is 0 Å². The summed E-state index contributed by atoms with van der Waals surface area (Å²) in [5.74, 6) is 0.0473. The maximum atomic E-state index is 12.6.